The molecule has 0 bridgehead atoms. The molecule has 0 unspecified atom stereocenters. The van der Waals surface area contributed by atoms with Gasteiger partial charge >= 0.3 is 6.18 Å². The van der Waals surface area contributed by atoms with E-state index in [1.807, 2.05) is 0 Å². The Morgan fingerprint density at radius 2 is 1.58 bits per heavy atom. The topological polar surface area (TPSA) is 40.6 Å². The van der Waals surface area contributed by atoms with Crippen molar-refractivity contribution >= 4 is 28.9 Å². The minimum Gasteiger partial charge on any atom is -0.313 e. The number of hydrogen-bond acceptors (Lipinski definition) is 2. The molecule has 3 rings (SSSR count). The maximum Gasteiger partial charge on any atom is 0.416 e. The predicted octanol–water partition coefficient (Wildman–Crippen LogP) is 3.74. The first kappa shape index (κ1) is 16.0. The summed E-state index contributed by atoms with van der Waals surface area (Å²) in [5.74, 6) is -1.05. The predicted molar refractivity (Wildman–Crippen MR) is 83.1 cm³/mol. The summed E-state index contributed by atoms with van der Waals surface area (Å²) < 4.78 is 39.0. The van der Waals surface area contributed by atoms with E-state index < -0.39 is 30.0 Å². The first-order valence-corrected chi connectivity index (χ1v) is 7.15. The molecule has 1 heterocycles. The molecule has 1 aliphatic heterocycles. The average molecular weight is 334 g/mol. The van der Waals surface area contributed by atoms with E-state index in [1.165, 1.54) is 18.0 Å². The van der Waals surface area contributed by atoms with Crippen molar-refractivity contribution in [1.29, 1.82) is 0 Å². The van der Waals surface area contributed by atoms with E-state index in [0.717, 1.165) is 17.0 Å². The second-order valence-electron chi connectivity index (χ2n) is 5.40. The first-order valence-electron chi connectivity index (χ1n) is 7.15. The average Bonchev–Trinajstić information content (AvgIpc) is 2.63. The number of carbonyl (C=O) groups is 2. The highest BCUT2D eigenvalue weighted by Crippen LogP contribution is 2.41. The molecule has 2 aromatic carbocycles. The molecule has 1 aliphatic rings. The molecule has 0 spiro atoms. The maximum atomic E-state index is 13.0. The van der Waals surface area contributed by atoms with Crippen LogP contribution in [0.15, 0.2) is 48.5 Å². The number of benzene rings is 2. The smallest absolute Gasteiger partial charge is 0.313 e. The highest BCUT2D eigenvalue weighted by Gasteiger charge is 2.35. The Morgan fingerprint density at radius 3 is 2.21 bits per heavy atom. The number of rotatable bonds is 1. The Balaban J connectivity index is 2.22. The van der Waals surface area contributed by atoms with Gasteiger partial charge in [0.15, 0.2) is 0 Å². The lowest BCUT2D eigenvalue weighted by molar-refractivity contribution is -0.137. The Morgan fingerprint density at radius 1 is 0.917 bits per heavy atom. The van der Waals surface area contributed by atoms with Crippen molar-refractivity contribution in [2.24, 2.45) is 0 Å². The monoisotopic (exact) mass is 334 g/mol. The number of hydrogen-bond donors (Lipinski definition) is 0. The minimum atomic E-state index is -4.53. The molecule has 0 radical (unpaired) electrons. The van der Waals surface area contributed by atoms with Gasteiger partial charge in [-0.1, -0.05) is 18.2 Å². The fourth-order valence-corrected chi connectivity index (χ4v) is 2.61. The molecule has 0 atom stereocenters. The normalized spacial score (nSPS) is 15.3. The number of anilines is 3. The summed E-state index contributed by atoms with van der Waals surface area (Å²) in [5.41, 5.74) is -0.0908. The number of nitrogens with zero attached hydrogens (tertiary/aromatic N) is 2. The van der Waals surface area contributed by atoms with Crippen LogP contribution in [0.25, 0.3) is 0 Å². The van der Waals surface area contributed by atoms with E-state index in [9.17, 15) is 22.8 Å². The standard InChI is InChI=1S/C17H13F3N2O2/c1-21-14-9-11(17(18,19)20)7-8-13(14)22(16(24)10-15(21)23)12-5-3-2-4-6-12/h2-9H,10H2,1H3. The number of fused-ring (bicyclic) bond motifs is 1. The van der Waals surface area contributed by atoms with E-state index in [0.29, 0.717) is 5.69 Å². The minimum absolute atomic E-state index is 0.0459. The van der Waals surface area contributed by atoms with Gasteiger partial charge in [-0.3, -0.25) is 14.5 Å². The van der Waals surface area contributed by atoms with Crippen LogP contribution in [0.3, 0.4) is 0 Å². The Hall–Kier alpha value is -2.83. The van der Waals surface area contributed by atoms with Gasteiger partial charge in [0.2, 0.25) is 11.8 Å². The number of para-hydroxylation sites is 1. The Bertz CT molecular complexity index is 803. The van der Waals surface area contributed by atoms with Crippen molar-refractivity contribution in [3.8, 4) is 0 Å². The molecule has 4 nitrogen and oxygen atoms in total. The molecule has 2 aromatic rings. The summed E-state index contributed by atoms with van der Waals surface area (Å²) in [6.45, 7) is 0. The molecule has 0 N–H and O–H groups in total. The Kier molecular flexibility index (Phi) is 3.79. The summed E-state index contributed by atoms with van der Waals surface area (Å²) >= 11 is 0. The zero-order chi connectivity index (χ0) is 17.5. The highest BCUT2D eigenvalue weighted by atomic mass is 19.4. The molecule has 0 saturated heterocycles. The third-order valence-corrected chi connectivity index (χ3v) is 3.85. The van der Waals surface area contributed by atoms with Gasteiger partial charge in [0.05, 0.1) is 16.9 Å². The molecule has 7 heteroatoms. The summed E-state index contributed by atoms with van der Waals surface area (Å²) in [6, 6.07) is 11.5. The van der Waals surface area contributed by atoms with Crippen LogP contribution >= 0.6 is 0 Å². The van der Waals surface area contributed by atoms with Crippen molar-refractivity contribution in [3.63, 3.8) is 0 Å². The van der Waals surface area contributed by atoms with Crippen LogP contribution in [0.4, 0.5) is 30.2 Å². The molecule has 124 valence electrons. The van der Waals surface area contributed by atoms with Crippen molar-refractivity contribution < 1.29 is 22.8 Å². The summed E-state index contributed by atoms with van der Waals surface area (Å²) in [7, 11) is 1.36. The largest absolute Gasteiger partial charge is 0.416 e. The van der Waals surface area contributed by atoms with Crippen LogP contribution in [-0.2, 0) is 15.8 Å². The van der Waals surface area contributed by atoms with Gasteiger partial charge in [-0.25, -0.2) is 0 Å². The summed E-state index contributed by atoms with van der Waals surface area (Å²) in [4.78, 5) is 27.0. The van der Waals surface area contributed by atoms with E-state index in [1.54, 1.807) is 30.3 Å². The lowest BCUT2D eigenvalue weighted by Gasteiger charge is -2.24. The van der Waals surface area contributed by atoms with Crippen LogP contribution in [0.2, 0.25) is 0 Å². The van der Waals surface area contributed by atoms with Crippen LogP contribution in [0.5, 0.6) is 0 Å². The van der Waals surface area contributed by atoms with Gasteiger partial charge in [-0.15, -0.1) is 0 Å². The van der Waals surface area contributed by atoms with Crippen LogP contribution < -0.4 is 9.80 Å². The molecule has 24 heavy (non-hydrogen) atoms. The van der Waals surface area contributed by atoms with E-state index in [4.69, 9.17) is 0 Å². The van der Waals surface area contributed by atoms with Crippen LogP contribution in [-0.4, -0.2) is 18.9 Å². The summed E-state index contributed by atoms with van der Waals surface area (Å²) in [6.07, 6.45) is -4.95. The van der Waals surface area contributed by atoms with Gasteiger partial charge in [-0.2, -0.15) is 13.2 Å². The lowest BCUT2D eigenvalue weighted by atomic mass is 10.1. The fraction of sp³-hybridized carbons (Fsp3) is 0.176. The summed E-state index contributed by atoms with van der Waals surface area (Å²) in [5, 5.41) is 0. The van der Waals surface area contributed by atoms with Crippen molar-refractivity contribution in [3.05, 3.63) is 54.1 Å². The number of amides is 2. The third-order valence-electron chi connectivity index (χ3n) is 3.85. The number of alkyl halides is 3. The highest BCUT2D eigenvalue weighted by molar-refractivity contribution is 6.17. The van der Waals surface area contributed by atoms with Crippen molar-refractivity contribution in [1.82, 2.24) is 0 Å². The van der Waals surface area contributed by atoms with E-state index >= 15 is 0 Å². The second-order valence-corrected chi connectivity index (χ2v) is 5.40. The van der Waals surface area contributed by atoms with Gasteiger partial charge in [0.1, 0.15) is 6.42 Å². The Labute approximate surface area is 136 Å². The van der Waals surface area contributed by atoms with Gasteiger partial charge in [0, 0.05) is 12.7 Å². The molecular formula is C17H13F3N2O2. The zero-order valence-electron chi connectivity index (χ0n) is 12.7. The van der Waals surface area contributed by atoms with Crippen LogP contribution in [0.1, 0.15) is 12.0 Å². The molecule has 2 amide bonds. The van der Waals surface area contributed by atoms with Crippen molar-refractivity contribution in [2.75, 3.05) is 16.8 Å². The van der Waals surface area contributed by atoms with Gasteiger partial charge in [0.25, 0.3) is 0 Å². The van der Waals surface area contributed by atoms with Gasteiger partial charge in [-0.05, 0) is 30.3 Å². The maximum absolute atomic E-state index is 13.0. The molecular weight excluding hydrogens is 321 g/mol. The van der Waals surface area contributed by atoms with E-state index in [2.05, 4.69) is 0 Å². The van der Waals surface area contributed by atoms with Gasteiger partial charge < -0.3 is 4.90 Å². The second kappa shape index (κ2) is 5.67. The zero-order valence-corrected chi connectivity index (χ0v) is 12.7. The van der Waals surface area contributed by atoms with E-state index in [-0.39, 0.29) is 11.4 Å². The third kappa shape index (κ3) is 2.73. The van der Waals surface area contributed by atoms with Crippen LogP contribution in [0, 0.1) is 0 Å². The first-order chi connectivity index (χ1) is 11.3. The lowest BCUT2D eigenvalue weighted by Crippen LogP contribution is -2.28. The number of halogens is 3. The molecule has 0 fully saturated rings. The fourth-order valence-electron chi connectivity index (χ4n) is 2.61. The SMILES string of the molecule is CN1C(=O)CC(=O)N(c2ccccc2)c2ccc(C(F)(F)F)cc21. The molecule has 0 saturated carbocycles. The quantitative estimate of drug-likeness (QED) is 0.746. The van der Waals surface area contributed by atoms with Crippen molar-refractivity contribution in [2.45, 2.75) is 12.6 Å². The number of carbonyl (C=O) groups excluding carboxylic acids is 2. The molecule has 0 aliphatic carbocycles. The molecule has 0 aromatic heterocycles.